The van der Waals surface area contributed by atoms with Gasteiger partial charge in [0.15, 0.2) is 0 Å². The Bertz CT molecular complexity index is 507. The monoisotopic (exact) mass is 405 g/mol. The lowest BCUT2D eigenvalue weighted by Gasteiger charge is -2.28. The van der Waals surface area contributed by atoms with E-state index in [1.807, 2.05) is 24.3 Å². The van der Waals surface area contributed by atoms with Crippen molar-refractivity contribution < 1.29 is 19.4 Å². The van der Waals surface area contributed by atoms with Crippen LogP contribution in [-0.4, -0.2) is 40.8 Å². The molecule has 0 unspecified atom stereocenters. The van der Waals surface area contributed by atoms with Gasteiger partial charge in [0.2, 0.25) is 0 Å². The second-order valence-electron chi connectivity index (χ2n) is 5.78. The number of nitrogens with zero attached hydrogens (tertiary/aromatic N) is 1. The molecule has 116 valence electrons. The number of rotatable bonds is 4. The first-order valence-electron chi connectivity index (χ1n) is 6.53. The summed E-state index contributed by atoms with van der Waals surface area (Å²) in [7, 11) is 1.44. The van der Waals surface area contributed by atoms with Gasteiger partial charge in [0.25, 0.3) is 0 Å². The third kappa shape index (κ3) is 5.91. The number of aliphatic carboxylic acids is 1. The standard InChI is InChI=1S/C15H20INO4/c1-15(2,3)21-14(20)17(4)12(13(18)19)9-10-5-7-11(16)8-6-10/h5-8,12H,9H2,1-4H3,(H,18,19)/t12-/m1/s1. The van der Waals surface area contributed by atoms with Gasteiger partial charge in [-0.1, -0.05) is 12.1 Å². The van der Waals surface area contributed by atoms with Crippen LogP contribution in [0, 0.1) is 3.57 Å². The van der Waals surface area contributed by atoms with E-state index in [0.29, 0.717) is 0 Å². The smallest absolute Gasteiger partial charge is 0.410 e. The maximum Gasteiger partial charge on any atom is 0.410 e. The molecule has 0 aliphatic carbocycles. The highest BCUT2D eigenvalue weighted by Gasteiger charge is 2.30. The topological polar surface area (TPSA) is 66.8 Å². The molecule has 1 N–H and O–H groups in total. The molecule has 0 heterocycles. The maximum atomic E-state index is 12.0. The number of benzene rings is 1. The highest BCUT2D eigenvalue weighted by atomic mass is 127. The van der Waals surface area contributed by atoms with Crippen molar-refractivity contribution in [3.05, 3.63) is 33.4 Å². The third-order valence-corrected chi connectivity index (χ3v) is 3.50. The van der Waals surface area contributed by atoms with Gasteiger partial charge < -0.3 is 9.84 Å². The first kappa shape index (κ1) is 17.7. The number of carbonyl (C=O) groups excluding carboxylic acids is 1. The Morgan fingerprint density at radius 1 is 1.29 bits per heavy atom. The zero-order chi connectivity index (χ0) is 16.2. The predicted octanol–water partition coefficient (Wildman–Crippen LogP) is 3.15. The molecule has 1 rings (SSSR count). The maximum absolute atomic E-state index is 12.0. The molecule has 1 aromatic rings. The van der Waals surface area contributed by atoms with Gasteiger partial charge in [-0.15, -0.1) is 0 Å². The van der Waals surface area contributed by atoms with Gasteiger partial charge in [-0.05, 0) is 61.1 Å². The summed E-state index contributed by atoms with van der Waals surface area (Å²) in [5, 5.41) is 9.36. The largest absolute Gasteiger partial charge is 0.480 e. The number of carboxylic acids is 1. The van der Waals surface area contributed by atoms with Crippen LogP contribution in [0.25, 0.3) is 0 Å². The number of carbonyl (C=O) groups is 2. The second-order valence-corrected chi connectivity index (χ2v) is 7.02. The van der Waals surface area contributed by atoms with Crippen LogP contribution < -0.4 is 0 Å². The van der Waals surface area contributed by atoms with E-state index in [-0.39, 0.29) is 6.42 Å². The first-order valence-corrected chi connectivity index (χ1v) is 7.61. The van der Waals surface area contributed by atoms with Crippen molar-refractivity contribution in [3.63, 3.8) is 0 Å². The summed E-state index contributed by atoms with van der Waals surface area (Å²) in [5.74, 6) is -1.05. The van der Waals surface area contributed by atoms with E-state index in [9.17, 15) is 14.7 Å². The van der Waals surface area contributed by atoms with E-state index in [0.717, 1.165) is 14.0 Å². The molecule has 6 heteroatoms. The fraction of sp³-hybridized carbons (Fsp3) is 0.467. The number of carboxylic acid groups (broad SMARTS) is 1. The molecule has 21 heavy (non-hydrogen) atoms. The van der Waals surface area contributed by atoms with Gasteiger partial charge in [-0.2, -0.15) is 0 Å². The lowest BCUT2D eigenvalue weighted by molar-refractivity contribution is -0.142. The van der Waals surface area contributed by atoms with Crippen molar-refractivity contribution in [2.24, 2.45) is 0 Å². The quantitative estimate of drug-likeness (QED) is 0.782. The SMILES string of the molecule is CN(C(=O)OC(C)(C)C)[C@H](Cc1ccc(I)cc1)C(=O)O. The molecule has 0 aliphatic heterocycles. The summed E-state index contributed by atoms with van der Waals surface area (Å²) in [6.07, 6.45) is -0.400. The molecule has 0 spiro atoms. The summed E-state index contributed by atoms with van der Waals surface area (Å²) >= 11 is 2.18. The number of ether oxygens (including phenoxy) is 1. The van der Waals surface area contributed by atoms with E-state index in [2.05, 4.69) is 22.6 Å². The van der Waals surface area contributed by atoms with Crippen molar-refractivity contribution >= 4 is 34.7 Å². The summed E-state index contributed by atoms with van der Waals surface area (Å²) in [4.78, 5) is 24.5. The Kier molecular flexibility index (Phi) is 6.00. The average Bonchev–Trinajstić information content (AvgIpc) is 2.34. The summed E-state index contributed by atoms with van der Waals surface area (Å²) < 4.78 is 6.28. The summed E-state index contributed by atoms with van der Waals surface area (Å²) in [5.41, 5.74) is 0.204. The highest BCUT2D eigenvalue weighted by molar-refractivity contribution is 14.1. The van der Waals surface area contributed by atoms with Crippen molar-refractivity contribution in [2.75, 3.05) is 7.05 Å². The Hall–Kier alpha value is -1.31. The van der Waals surface area contributed by atoms with Crippen LogP contribution in [0.3, 0.4) is 0 Å². The van der Waals surface area contributed by atoms with Gasteiger partial charge >= 0.3 is 12.1 Å². The van der Waals surface area contributed by atoms with Gasteiger partial charge in [-0.25, -0.2) is 9.59 Å². The van der Waals surface area contributed by atoms with E-state index < -0.39 is 23.7 Å². The molecule has 0 saturated carbocycles. The van der Waals surface area contributed by atoms with Gasteiger partial charge in [0.1, 0.15) is 11.6 Å². The third-order valence-electron chi connectivity index (χ3n) is 2.78. The minimum Gasteiger partial charge on any atom is -0.480 e. The molecule has 1 amide bonds. The lowest BCUT2D eigenvalue weighted by Crippen LogP contribution is -2.46. The van der Waals surface area contributed by atoms with Gasteiger partial charge in [0, 0.05) is 17.0 Å². The Balaban J connectivity index is 2.83. The van der Waals surface area contributed by atoms with Gasteiger partial charge in [-0.3, -0.25) is 4.90 Å². The molecule has 0 radical (unpaired) electrons. The summed E-state index contributed by atoms with van der Waals surface area (Å²) in [6.45, 7) is 5.23. The van der Waals surface area contributed by atoms with E-state index >= 15 is 0 Å². The predicted molar refractivity (Wildman–Crippen MR) is 88.3 cm³/mol. The fourth-order valence-electron chi connectivity index (χ4n) is 1.69. The van der Waals surface area contributed by atoms with Crippen LogP contribution in [0.15, 0.2) is 24.3 Å². The Morgan fingerprint density at radius 3 is 2.24 bits per heavy atom. The molecular weight excluding hydrogens is 385 g/mol. The van der Waals surface area contributed by atoms with Crippen molar-refractivity contribution in [1.29, 1.82) is 0 Å². The second kappa shape index (κ2) is 7.11. The van der Waals surface area contributed by atoms with Crippen molar-refractivity contribution in [2.45, 2.75) is 38.8 Å². The zero-order valence-electron chi connectivity index (χ0n) is 12.6. The molecule has 1 aromatic carbocycles. The molecule has 0 bridgehead atoms. The van der Waals surface area contributed by atoms with Crippen LogP contribution in [0.4, 0.5) is 4.79 Å². The molecule has 1 atom stereocenters. The fourth-order valence-corrected chi connectivity index (χ4v) is 2.05. The molecule has 5 nitrogen and oxygen atoms in total. The molecule has 0 fully saturated rings. The number of hydrogen-bond acceptors (Lipinski definition) is 3. The first-order chi connectivity index (χ1) is 9.60. The average molecular weight is 405 g/mol. The Labute approximate surface area is 138 Å². The van der Waals surface area contributed by atoms with Gasteiger partial charge in [0.05, 0.1) is 0 Å². The molecule has 0 aromatic heterocycles. The number of halogens is 1. The van der Waals surface area contributed by atoms with Crippen LogP contribution in [-0.2, 0) is 16.0 Å². The highest BCUT2D eigenvalue weighted by Crippen LogP contribution is 2.15. The van der Waals surface area contributed by atoms with Crippen LogP contribution >= 0.6 is 22.6 Å². The molecule has 0 saturated heterocycles. The lowest BCUT2D eigenvalue weighted by atomic mass is 10.1. The Morgan fingerprint density at radius 2 is 1.81 bits per heavy atom. The van der Waals surface area contributed by atoms with Crippen molar-refractivity contribution in [3.8, 4) is 0 Å². The minimum absolute atomic E-state index is 0.238. The van der Waals surface area contributed by atoms with Crippen LogP contribution in [0.5, 0.6) is 0 Å². The minimum atomic E-state index is -1.05. The molecular formula is C15H20INO4. The van der Waals surface area contributed by atoms with E-state index in [1.54, 1.807) is 20.8 Å². The number of hydrogen-bond donors (Lipinski definition) is 1. The zero-order valence-corrected chi connectivity index (χ0v) is 14.7. The van der Waals surface area contributed by atoms with E-state index in [4.69, 9.17) is 4.74 Å². The normalized spacial score (nSPS) is 12.6. The van der Waals surface area contributed by atoms with Crippen molar-refractivity contribution in [1.82, 2.24) is 4.90 Å². The number of amides is 1. The van der Waals surface area contributed by atoms with Crippen LogP contribution in [0.2, 0.25) is 0 Å². The molecule has 0 aliphatic rings. The number of likely N-dealkylation sites (N-methyl/N-ethyl adjacent to an activating group) is 1. The van der Waals surface area contributed by atoms with Crippen LogP contribution in [0.1, 0.15) is 26.3 Å². The van der Waals surface area contributed by atoms with E-state index in [1.165, 1.54) is 7.05 Å². The summed E-state index contributed by atoms with van der Waals surface area (Å²) in [6, 6.07) is 6.58.